The van der Waals surface area contributed by atoms with Gasteiger partial charge < -0.3 is 4.90 Å². The van der Waals surface area contributed by atoms with Gasteiger partial charge in [-0.1, -0.05) is 23.9 Å². The van der Waals surface area contributed by atoms with Gasteiger partial charge in [0.2, 0.25) is 5.95 Å². The Kier molecular flexibility index (Phi) is 4.61. The second-order valence-corrected chi connectivity index (χ2v) is 7.59. The summed E-state index contributed by atoms with van der Waals surface area (Å²) in [5, 5.41) is 20.6. The zero-order chi connectivity index (χ0) is 17.2. The number of nitro benzene ring substituents is 1. The Hall–Kier alpha value is -2.09. The molecule has 0 unspecified atom stereocenters. The maximum atomic E-state index is 10.7. The average molecular weight is 359 g/mol. The minimum Gasteiger partial charge on any atom is -0.341 e. The Bertz CT molecular complexity index is 751. The van der Waals surface area contributed by atoms with E-state index in [1.54, 1.807) is 23.9 Å². The Morgan fingerprint density at radius 1 is 1.12 bits per heavy atom. The maximum absolute atomic E-state index is 10.7. The van der Waals surface area contributed by atoms with Crippen molar-refractivity contribution in [2.45, 2.75) is 49.1 Å². The molecule has 1 aromatic carbocycles. The molecule has 1 aliphatic carbocycles. The molecule has 1 saturated heterocycles. The highest BCUT2D eigenvalue weighted by atomic mass is 32.2. The molecule has 0 N–H and O–H groups in total. The third-order valence-corrected chi connectivity index (χ3v) is 5.73. The smallest absolute Gasteiger partial charge is 0.269 e. The highest BCUT2D eigenvalue weighted by Gasteiger charge is 2.32. The third kappa shape index (κ3) is 3.63. The van der Waals surface area contributed by atoms with E-state index in [2.05, 4.69) is 19.7 Å². The van der Waals surface area contributed by atoms with E-state index >= 15 is 0 Å². The molecule has 7 nitrogen and oxygen atoms in total. The quantitative estimate of drug-likeness (QED) is 0.443. The van der Waals surface area contributed by atoms with Crippen molar-refractivity contribution in [2.24, 2.45) is 0 Å². The van der Waals surface area contributed by atoms with Crippen molar-refractivity contribution >= 4 is 23.4 Å². The number of anilines is 1. The van der Waals surface area contributed by atoms with Gasteiger partial charge in [-0.05, 0) is 37.7 Å². The lowest BCUT2D eigenvalue weighted by molar-refractivity contribution is -0.384. The summed E-state index contributed by atoms with van der Waals surface area (Å²) >= 11 is 1.66. The van der Waals surface area contributed by atoms with Crippen molar-refractivity contribution in [1.82, 2.24) is 14.8 Å². The minimum atomic E-state index is -0.370. The molecule has 0 atom stereocenters. The van der Waals surface area contributed by atoms with Gasteiger partial charge in [0.1, 0.15) is 0 Å². The van der Waals surface area contributed by atoms with Gasteiger partial charge >= 0.3 is 0 Å². The SMILES string of the molecule is O=[N+]([O-])c1ccc(CSc2nnc(N3CCCCC3)n2C2CC2)cc1. The first-order valence-corrected chi connectivity index (χ1v) is 9.77. The van der Waals surface area contributed by atoms with Crippen molar-refractivity contribution < 1.29 is 4.92 Å². The van der Waals surface area contributed by atoms with Crippen LogP contribution in [0, 0.1) is 10.1 Å². The summed E-state index contributed by atoms with van der Waals surface area (Å²) in [6.07, 6.45) is 6.15. The lowest BCUT2D eigenvalue weighted by atomic mass is 10.1. The summed E-state index contributed by atoms with van der Waals surface area (Å²) in [7, 11) is 0. The average Bonchev–Trinajstić information content (AvgIpc) is 3.40. The molecule has 2 fully saturated rings. The van der Waals surface area contributed by atoms with E-state index < -0.39 is 0 Å². The van der Waals surface area contributed by atoms with Crippen LogP contribution in [-0.2, 0) is 5.75 Å². The molecular formula is C17H21N5O2S. The summed E-state index contributed by atoms with van der Waals surface area (Å²) in [6, 6.07) is 7.27. The number of non-ortho nitro benzene ring substituents is 1. The van der Waals surface area contributed by atoms with E-state index in [0.29, 0.717) is 6.04 Å². The summed E-state index contributed by atoms with van der Waals surface area (Å²) in [5.74, 6) is 1.76. The first-order chi connectivity index (χ1) is 12.2. The molecule has 1 aromatic heterocycles. The molecule has 0 radical (unpaired) electrons. The van der Waals surface area contributed by atoms with E-state index in [1.807, 2.05) is 12.1 Å². The molecule has 0 spiro atoms. The molecule has 2 aromatic rings. The zero-order valence-corrected chi connectivity index (χ0v) is 14.8. The summed E-state index contributed by atoms with van der Waals surface area (Å²) in [4.78, 5) is 12.7. The van der Waals surface area contributed by atoms with Crippen molar-refractivity contribution in [3.05, 3.63) is 39.9 Å². The van der Waals surface area contributed by atoms with Crippen LogP contribution in [0.25, 0.3) is 0 Å². The summed E-state index contributed by atoms with van der Waals surface area (Å²) in [5.41, 5.74) is 1.18. The number of hydrogen-bond acceptors (Lipinski definition) is 6. The number of benzene rings is 1. The Morgan fingerprint density at radius 3 is 2.48 bits per heavy atom. The molecule has 4 rings (SSSR count). The minimum absolute atomic E-state index is 0.127. The molecule has 2 aliphatic rings. The van der Waals surface area contributed by atoms with Crippen molar-refractivity contribution in [2.75, 3.05) is 18.0 Å². The lowest BCUT2D eigenvalue weighted by Gasteiger charge is -2.27. The van der Waals surface area contributed by atoms with Crippen molar-refractivity contribution in [1.29, 1.82) is 0 Å². The monoisotopic (exact) mass is 359 g/mol. The normalized spacial score (nSPS) is 17.7. The van der Waals surface area contributed by atoms with Crippen LogP contribution in [0.2, 0.25) is 0 Å². The van der Waals surface area contributed by atoms with Gasteiger partial charge in [0.05, 0.1) is 4.92 Å². The number of nitro groups is 1. The van der Waals surface area contributed by atoms with E-state index in [-0.39, 0.29) is 10.6 Å². The lowest BCUT2D eigenvalue weighted by Crippen LogP contribution is -2.31. The summed E-state index contributed by atoms with van der Waals surface area (Å²) in [6.45, 7) is 2.13. The molecule has 0 bridgehead atoms. The van der Waals surface area contributed by atoms with E-state index in [1.165, 1.54) is 32.1 Å². The summed E-state index contributed by atoms with van der Waals surface area (Å²) < 4.78 is 2.31. The van der Waals surface area contributed by atoms with Gasteiger partial charge in [0, 0.05) is 37.0 Å². The fraction of sp³-hybridized carbons (Fsp3) is 0.529. The number of rotatable bonds is 6. The first-order valence-electron chi connectivity index (χ1n) is 8.78. The number of nitrogens with zero attached hydrogens (tertiary/aromatic N) is 5. The Morgan fingerprint density at radius 2 is 1.84 bits per heavy atom. The fourth-order valence-electron chi connectivity index (χ4n) is 3.19. The third-order valence-electron chi connectivity index (χ3n) is 4.71. The molecule has 1 aliphatic heterocycles. The molecular weight excluding hydrogens is 338 g/mol. The van der Waals surface area contributed by atoms with E-state index in [4.69, 9.17) is 0 Å². The Labute approximate surface area is 150 Å². The van der Waals surface area contributed by atoms with Gasteiger partial charge in [0.15, 0.2) is 5.16 Å². The topological polar surface area (TPSA) is 77.1 Å². The van der Waals surface area contributed by atoms with Crippen LogP contribution in [0.5, 0.6) is 0 Å². The zero-order valence-electron chi connectivity index (χ0n) is 14.0. The maximum Gasteiger partial charge on any atom is 0.269 e. The van der Waals surface area contributed by atoms with Crippen LogP contribution < -0.4 is 4.90 Å². The van der Waals surface area contributed by atoms with Gasteiger partial charge in [-0.25, -0.2) is 0 Å². The number of piperidine rings is 1. The number of thioether (sulfide) groups is 1. The predicted molar refractivity (Wildman–Crippen MR) is 97.0 cm³/mol. The highest BCUT2D eigenvalue weighted by Crippen LogP contribution is 2.41. The van der Waals surface area contributed by atoms with Gasteiger partial charge in [-0.3, -0.25) is 14.7 Å². The van der Waals surface area contributed by atoms with Crippen LogP contribution >= 0.6 is 11.8 Å². The van der Waals surface area contributed by atoms with Crippen LogP contribution in [-0.4, -0.2) is 32.8 Å². The molecule has 132 valence electrons. The molecule has 1 saturated carbocycles. The molecule has 25 heavy (non-hydrogen) atoms. The second-order valence-electron chi connectivity index (χ2n) is 6.64. The molecule has 0 amide bonds. The van der Waals surface area contributed by atoms with Gasteiger partial charge in [-0.15, -0.1) is 10.2 Å². The number of aromatic nitrogens is 3. The van der Waals surface area contributed by atoms with Crippen molar-refractivity contribution in [3.8, 4) is 0 Å². The molecule has 2 heterocycles. The Balaban J connectivity index is 1.48. The predicted octanol–water partition coefficient (Wildman–Crippen LogP) is 3.80. The van der Waals surface area contributed by atoms with Gasteiger partial charge in [-0.2, -0.15) is 0 Å². The van der Waals surface area contributed by atoms with Gasteiger partial charge in [0.25, 0.3) is 5.69 Å². The molecule has 8 heteroatoms. The second kappa shape index (κ2) is 7.03. The van der Waals surface area contributed by atoms with Crippen LogP contribution in [0.4, 0.5) is 11.6 Å². The van der Waals surface area contributed by atoms with E-state index in [9.17, 15) is 10.1 Å². The largest absolute Gasteiger partial charge is 0.341 e. The van der Waals surface area contributed by atoms with Crippen LogP contribution in [0.1, 0.15) is 43.7 Å². The van der Waals surface area contributed by atoms with Crippen molar-refractivity contribution in [3.63, 3.8) is 0 Å². The fourth-order valence-corrected chi connectivity index (χ4v) is 4.15. The van der Waals surface area contributed by atoms with E-state index in [0.717, 1.165) is 35.5 Å². The highest BCUT2D eigenvalue weighted by molar-refractivity contribution is 7.98. The van der Waals surface area contributed by atoms with Crippen LogP contribution in [0.3, 0.4) is 0 Å². The van der Waals surface area contributed by atoms with Crippen LogP contribution in [0.15, 0.2) is 29.4 Å². The number of hydrogen-bond donors (Lipinski definition) is 0. The first kappa shape index (κ1) is 16.4. The standard InChI is InChI=1S/C17H21N5O2S/c23-22(24)15-6-4-13(5-7-15)12-25-17-19-18-16(21(17)14-8-9-14)20-10-2-1-3-11-20/h4-7,14H,1-3,8-12H2.